The van der Waals surface area contributed by atoms with Gasteiger partial charge in [-0.15, -0.1) is 6.58 Å². The second-order valence-corrected chi connectivity index (χ2v) is 4.28. The first-order chi connectivity index (χ1) is 5.30. The normalized spacial score (nSPS) is 13.8. The minimum atomic E-state index is 0.145. The molecule has 0 aromatic heterocycles. The van der Waals surface area contributed by atoms with Crippen molar-refractivity contribution < 1.29 is 0 Å². The van der Waals surface area contributed by atoms with Crippen LogP contribution in [0.3, 0.4) is 0 Å². The van der Waals surface area contributed by atoms with Crippen molar-refractivity contribution in [2.75, 3.05) is 7.05 Å². The molecule has 0 saturated carbocycles. The van der Waals surface area contributed by atoms with Gasteiger partial charge in [-0.05, 0) is 6.92 Å². The molecular formula is C11H21N. The highest BCUT2D eigenvalue weighted by molar-refractivity contribution is 5.06. The molecule has 1 heteroatoms. The predicted octanol–water partition coefficient (Wildman–Crippen LogP) is 3.05. The average molecular weight is 167 g/mol. The Morgan fingerprint density at radius 1 is 1.42 bits per heavy atom. The van der Waals surface area contributed by atoms with Crippen LogP contribution in [0.25, 0.3) is 0 Å². The quantitative estimate of drug-likeness (QED) is 0.584. The summed E-state index contributed by atoms with van der Waals surface area (Å²) < 4.78 is 0. The minimum Gasteiger partial charge on any atom is -0.372 e. The Hall–Kier alpha value is -0.720. The Balaban J connectivity index is 4.40. The lowest BCUT2D eigenvalue weighted by molar-refractivity contribution is 0.286. The fourth-order valence-corrected chi connectivity index (χ4v) is 0.933. The van der Waals surface area contributed by atoms with E-state index in [9.17, 15) is 0 Å². The van der Waals surface area contributed by atoms with Crippen molar-refractivity contribution in [1.29, 1.82) is 0 Å². The Kier molecular flexibility index (Phi) is 3.56. The van der Waals surface area contributed by atoms with E-state index >= 15 is 0 Å². The van der Waals surface area contributed by atoms with Crippen molar-refractivity contribution >= 4 is 0 Å². The Morgan fingerprint density at radius 2 is 1.83 bits per heavy atom. The summed E-state index contributed by atoms with van der Waals surface area (Å²) in [4.78, 5) is 2.16. The third-order valence-corrected chi connectivity index (χ3v) is 2.24. The Bertz CT molecular complexity index is 174. The summed E-state index contributed by atoms with van der Waals surface area (Å²) in [5, 5.41) is 0. The number of nitrogens with zero attached hydrogens (tertiary/aromatic N) is 1. The van der Waals surface area contributed by atoms with Gasteiger partial charge in [-0.2, -0.15) is 0 Å². The van der Waals surface area contributed by atoms with Crippen LogP contribution in [0.4, 0.5) is 0 Å². The van der Waals surface area contributed by atoms with Gasteiger partial charge >= 0.3 is 0 Å². The molecule has 0 aromatic rings. The van der Waals surface area contributed by atoms with Gasteiger partial charge in [0.1, 0.15) is 0 Å². The summed E-state index contributed by atoms with van der Waals surface area (Å²) in [5.41, 5.74) is 1.29. The van der Waals surface area contributed by atoms with Gasteiger partial charge < -0.3 is 4.90 Å². The van der Waals surface area contributed by atoms with Crippen molar-refractivity contribution in [3.05, 3.63) is 24.9 Å². The smallest absolute Gasteiger partial charge is 0.0435 e. The molecule has 0 aliphatic heterocycles. The maximum atomic E-state index is 4.07. The van der Waals surface area contributed by atoms with Crippen LogP contribution in [-0.2, 0) is 0 Å². The summed E-state index contributed by atoms with van der Waals surface area (Å²) in [5.74, 6) is 0. The SMILES string of the molecule is C=CC(C)N(C)C(=C)C(C)(C)C. The van der Waals surface area contributed by atoms with Gasteiger partial charge in [-0.1, -0.05) is 33.4 Å². The summed E-state index contributed by atoms with van der Waals surface area (Å²) in [6.45, 7) is 16.5. The zero-order valence-electron chi connectivity index (χ0n) is 9.02. The lowest BCUT2D eigenvalue weighted by Crippen LogP contribution is -2.32. The van der Waals surface area contributed by atoms with Crippen LogP contribution >= 0.6 is 0 Å². The molecule has 0 radical (unpaired) electrons. The lowest BCUT2D eigenvalue weighted by Gasteiger charge is -2.34. The summed E-state index contributed by atoms with van der Waals surface area (Å²) >= 11 is 0. The van der Waals surface area contributed by atoms with Crippen LogP contribution < -0.4 is 0 Å². The Morgan fingerprint density at radius 3 is 2.08 bits per heavy atom. The molecule has 1 unspecified atom stereocenters. The highest BCUT2D eigenvalue weighted by Gasteiger charge is 2.20. The van der Waals surface area contributed by atoms with Crippen molar-refractivity contribution in [3.8, 4) is 0 Å². The van der Waals surface area contributed by atoms with E-state index in [1.807, 2.05) is 6.08 Å². The van der Waals surface area contributed by atoms with Crippen LogP contribution in [0.5, 0.6) is 0 Å². The largest absolute Gasteiger partial charge is 0.372 e. The summed E-state index contributed by atoms with van der Waals surface area (Å²) in [7, 11) is 2.06. The molecule has 0 saturated heterocycles. The van der Waals surface area contributed by atoms with Gasteiger partial charge in [0, 0.05) is 24.2 Å². The number of rotatable bonds is 3. The average Bonchev–Trinajstić information content (AvgIpc) is 1.98. The zero-order chi connectivity index (χ0) is 9.94. The van der Waals surface area contributed by atoms with Gasteiger partial charge in [-0.25, -0.2) is 0 Å². The molecule has 0 aliphatic carbocycles. The second-order valence-electron chi connectivity index (χ2n) is 4.28. The topological polar surface area (TPSA) is 3.24 Å². The van der Waals surface area contributed by atoms with Crippen LogP contribution in [0, 0.1) is 5.41 Å². The minimum absolute atomic E-state index is 0.145. The van der Waals surface area contributed by atoms with Crippen LogP contribution in [0.2, 0.25) is 0 Å². The molecule has 1 nitrogen and oxygen atoms in total. The fraction of sp³-hybridized carbons (Fsp3) is 0.636. The van der Waals surface area contributed by atoms with Crippen LogP contribution in [0.1, 0.15) is 27.7 Å². The van der Waals surface area contributed by atoms with Crippen molar-refractivity contribution in [3.63, 3.8) is 0 Å². The zero-order valence-corrected chi connectivity index (χ0v) is 9.02. The van der Waals surface area contributed by atoms with Gasteiger partial charge in [0.2, 0.25) is 0 Å². The molecule has 0 aliphatic rings. The maximum Gasteiger partial charge on any atom is 0.0435 e. The first-order valence-corrected chi connectivity index (χ1v) is 4.35. The third kappa shape index (κ3) is 2.72. The lowest BCUT2D eigenvalue weighted by atomic mass is 9.91. The molecule has 0 heterocycles. The molecular weight excluding hydrogens is 146 g/mol. The standard InChI is InChI=1S/C11H21N/c1-8-9(2)12(7)10(3)11(4,5)6/h8-9H,1,3H2,2,4-7H3. The van der Waals surface area contributed by atoms with Crippen LogP contribution in [0.15, 0.2) is 24.9 Å². The summed E-state index contributed by atoms with van der Waals surface area (Å²) in [6.07, 6.45) is 1.93. The Labute approximate surface area is 76.8 Å². The fourth-order valence-electron chi connectivity index (χ4n) is 0.933. The van der Waals surface area contributed by atoms with Crippen molar-refractivity contribution in [2.45, 2.75) is 33.7 Å². The number of hydrogen-bond acceptors (Lipinski definition) is 1. The van der Waals surface area contributed by atoms with Gasteiger partial charge in [0.05, 0.1) is 0 Å². The van der Waals surface area contributed by atoms with E-state index in [1.165, 1.54) is 0 Å². The monoisotopic (exact) mass is 167 g/mol. The van der Waals surface area contributed by atoms with E-state index < -0.39 is 0 Å². The van der Waals surface area contributed by atoms with E-state index in [0.29, 0.717) is 6.04 Å². The third-order valence-electron chi connectivity index (χ3n) is 2.24. The van der Waals surface area contributed by atoms with E-state index in [4.69, 9.17) is 0 Å². The molecule has 1 atom stereocenters. The molecule has 0 rings (SSSR count). The first-order valence-electron chi connectivity index (χ1n) is 4.35. The van der Waals surface area contributed by atoms with Crippen LogP contribution in [-0.4, -0.2) is 18.0 Å². The summed E-state index contributed by atoms with van der Waals surface area (Å²) in [6, 6.07) is 0.358. The van der Waals surface area contributed by atoms with Gasteiger partial charge in [0.25, 0.3) is 0 Å². The predicted molar refractivity (Wildman–Crippen MR) is 56.0 cm³/mol. The molecule has 70 valence electrons. The van der Waals surface area contributed by atoms with Gasteiger partial charge in [-0.3, -0.25) is 0 Å². The second kappa shape index (κ2) is 3.79. The molecule has 0 bridgehead atoms. The molecule has 0 N–H and O–H groups in total. The van der Waals surface area contributed by atoms with E-state index in [2.05, 4.69) is 52.8 Å². The first kappa shape index (κ1) is 11.3. The molecule has 12 heavy (non-hydrogen) atoms. The van der Waals surface area contributed by atoms with Crippen molar-refractivity contribution in [1.82, 2.24) is 4.90 Å². The van der Waals surface area contributed by atoms with Gasteiger partial charge in [0.15, 0.2) is 0 Å². The number of hydrogen-bond donors (Lipinski definition) is 0. The molecule has 0 fully saturated rings. The van der Waals surface area contributed by atoms with Crippen molar-refractivity contribution in [2.24, 2.45) is 5.41 Å². The maximum absolute atomic E-state index is 4.07. The van der Waals surface area contributed by atoms with E-state index in [1.54, 1.807) is 0 Å². The highest BCUT2D eigenvalue weighted by Crippen LogP contribution is 2.26. The number of allylic oxidation sites excluding steroid dienone is 1. The van der Waals surface area contributed by atoms with E-state index in [0.717, 1.165) is 5.70 Å². The number of likely N-dealkylation sites (N-methyl/N-ethyl adjacent to an activating group) is 1. The molecule has 0 amide bonds. The highest BCUT2D eigenvalue weighted by atomic mass is 15.1. The molecule has 0 aromatic carbocycles. The van der Waals surface area contributed by atoms with E-state index in [-0.39, 0.29) is 5.41 Å². The molecule has 0 spiro atoms.